The number of aromatic nitrogens is 2. The van der Waals surface area contributed by atoms with Crippen molar-refractivity contribution >= 4 is 0 Å². The van der Waals surface area contributed by atoms with E-state index < -0.39 is 0 Å². The summed E-state index contributed by atoms with van der Waals surface area (Å²) in [5, 5.41) is 10.1. The molecule has 0 aliphatic carbocycles. The molecule has 0 radical (unpaired) electrons. The van der Waals surface area contributed by atoms with Gasteiger partial charge in [0.15, 0.2) is 0 Å². The van der Waals surface area contributed by atoms with Crippen molar-refractivity contribution in [3.8, 4) is 0 Å². The number of H-pyrrole nitrogens is 1. The fraction of sp³-hybridized carbons (Fsp3) is 0.571. The molecule has 3 nitrogen and oxygen atoms in total. The second-order valence-corrected chi connectivity index (χ2v) is 2.40. The normalized spacial score (nSPS) is 10.2. The summed E-state index contributed by atoms with van der Waals surface area (Å²) in [5.74, 6) is 0. The molecule has 1 aromatic rings. The van der Waals surface area contributed by atoms with Gasteiger partial charge in [0, 0.05) is 18.7 Å². The summed E-state index contributed by atoms with van der Waals surface area (Å²) in [7, 11) is 1.94. The van der Waals surface area contributed by atoms with Crippen LogP contribution in [0.2, 0.25) is 0 Å². The van der Waals surface area contributed by atoms with E-state index in [1.807, 2.05) is 14.0 Å². The fourth-order valence-electron chi connectivity index (χ4n) is 0.856. The maximum atomic E-state index is 4.09. The van der Waals surface area contributed by atoms with Gasteiger partial charge in [-0.2, -0.15) is 5.10 Å². The van der Waals surface area contributed by atoms with Crippen molar-refractivity contribution in [1.29, 1.82) is 0 Å². The molecule has 56 valence electrons. The van der Waals surface area contributed by atoms with E-state index in [9.17, 15) is 0 Å². The zero-order valence-corrected chi connectivity index (χ0v) is 6.44. The maximum Gasteiger partial charge on any atom is 0.0637 e. The van der Waals surface area contributed by atoms with E-state index in [1.165, 1.54) is 0 Å². The molecule has 0 amide bonds. The largest absolute Gasteiger partial charge is 0.319 e. The van der Waals surface area contributed by atoms with E-state index in [0.717, 1.165) is 24.4 Å². The number of aryl methyl sites for hydroxylation is 1. The molecule has 1 aromatic heterocycles. The molecule has 1 heterocycles. The summed E-state index contributed by atoms with van der Waals surface area (Å²) >= 11 is 0. The summed E-state index contributed by atoms with van der Waals surface area (Å²) in [6.07, 6.45) is 1.00. The van der Waals surface area contributed by atoms with Crippen LogP contribution in [0.4, 0.5) is 0 Å². The van der Waals surface area contributed by atoms with Crippen LogP contribution in [0.5, 0.6) is 0 Å². The number of rotatable bonds is 3. The van der Waals surface area contributed by atoms with Crippen LogP contribution in [0.15, 0.2) is 6.07 Å². The molecule has 1 rings (SSSR count). The number of aromatic amines is 1. The Hall–Kier alpha value is -0.830. The average Bonchev–Trinajstić information content (AvgIpc) is 2.31. The summed E-state index contributed by atoms with van der Waals surface area (Å²) in [6.45, 7) is 3.00. The van der Waals surface area contributed by atoms with Gasteiger partial charge < -0.3 is 5.32 Å². The van der Waals surface area contributed by atoms with Crippen LogP contribution in [0.3, 0.4) is 0 Å². The molecular formula is C7H13N3. The van der Waals surface area contributed by atoms with Gasteiger partial charge in [-0.25, -0.2) is 0 Å². The minimum absolute atomic E-state index is 0.990. The molecule has 10 heavy (non-hydrogen) atoms. The van der Waals surface area contributed by atoms with Crippen molar-refractivity contribution in [2.45, 2.75) is 13.3 Å². The standard InChI is InChI=1S/C7H13N3/c1-6-5-7(10-9-6)3-4-8-2/h5,8H,3-4H2,1-2H3,(H,9,10). The monoisotopic (exact) mass is 139 g/mol. The van der Waals surface area contributed by atoms with E-state index in [2.05, 4.69) is 21.6 Å². The first-order valence-electron chi connectivity index (χ1n) is 3.48. The van der Waals surface area contributed by atoms with Gasteiger partial charge in [-0.05, 0) is 20.0 Å². The highest BCUT2D eigenvalue weighted by molar-refractivity contribution is 5.06. The van der Waals surface area contributed by atoms with Crippen molar-refractivity contribution in [1.82, 2.24) is 15.5 Å². The first-order valence-corrected chi connectivity index (χ1v) is 3.48. The number of hydrogen-bond donors (Lipinski definition) is 2. The van der Waals surface area contributed by atoms with Crippen LogP contribution in [0.25, 0.3) is 0 Å². The van der Waals surface area contributed by atoms with Gasteiger partial charge in [0.1, 0.15) is 0 Å². The quantitative estimate of drug-likeness (QED) is 0.639. The lowest BCUT2D eigenvalue weighted by molar-refractivity contribution is 0.772. The first-order chi connectivity index (χ1) is 4.83. The summed E-state index contributed by atoms with van der Waals surface area (Å²) in [4.78, 5) is 0. The van der Waals surface area contributed by atoms with E-state index in [4.69, 9.17) is 0 Å². The minimum Gasteiger partial charge on any atom is -0.319 e. The zero-order chi connectivity index (χ0) is 7.40. The van der Waals surface area contributed by atoms with E-state index in [1.54, 1.807) is 0 Å². The van der Waals surface area contributed by atoms with Gasteiger partial charge in [-0.15, -0.1) is 0 Å². The van der Waals surface area contributed by atoms with Gasteiger partial charge in [-0.3, -0.25) is 5.10 Å². The molecule has 0 aromatic carbocycles. The molecule has 3 heteroatoms. The molecule has 0 fully saturated rings. The predicted molar refractivity (Wildman–Crippen MR) is 41.0 cm³/mol. The average molecular weight is 139 g/mol. The molecule has 0 aliphatic heterocycles. The first kappa shape index (κ1) is 7.28. The number of nitrogens with zero attached hydrogens (tertiary/aromatic N) is 1. The van der Waals surface area contributed by atoms with Crippen LogP contribution < -0.4 is 5.32 Å². The Kier molecular flexibility index (Phi) is 2.45. The summed E-state index contributed by atoms with van der Waals surface area (Å²) in [6, 6.07) is 2.07. The summed E-state index contributed by atoms with van der Waals surface area (Å²) in [5.41, 5.74) is 2.26. The van der Waals surface area contributed by atoms with Gasteiger partial charge in [0.25, 0.3) is 0 Å². The van der Waals surface area contributed by atoms with Crippen LogP contribution >= 0.6 is 0 Å². The van der Waals surface area contributed by atoms with Crippen molar-refractivity contribution in [3.05, 3.63) is 17.5 Å². The number of likely N-dealkylation sites (N-methyl/N-ethyl adjacent to an activating group) is 1. The third-order valence-corrected chi connectivity index (χ3v) is 1.39. The number of hydrogen-bond acceptors (Lipinski definition) is 2. The van der Waals surface area contributed by atoms with Crippen molar-refractivity contribution in [2.75, 3.05) is 13.6 Å². The molecule has 0 saturated heterocycles. The van der Waals surface area contributed by atoms with Crippen molar-refractivity contribution in [3.63, 3.8) is 0 Å². The Morgan fingerprint density at radius 2 is 2.50 bits per heavy atom. The van der Waals surface area contributed by atoms with Crippen molar-refractivity contribution < 1.29 is 0 Å². The van der Waals surface area contributed by atoms with Crippen LogP contribution in [0, 0.1) is 6.92 Å². The Labute approximate surface area is 60.8 Å². The molecule has 2 N–H and O–H groups in total. The molecule has 0 unspecified atom stereocenters. The van der Waals surface area contributed by atoms with Gasteiger partial charge in [-0.1, -0.05) is 0 Å². The van der Waals surface area contributed by atoms with E-state index >= 15 is 0 Å². The van der Waals surface area contributed by atoms with Gasteiger partial charge in [0.05, 0.1) is 5.69 Å². The maximum absolute atomic E-state index is 4.09. The van der Waals surface area contributed by atoms with Gasteiger partial charge in [0.2, 0.25) is 0 Å². The van der Waals surface area contributed by atoms with E-state index in [-0.39, 0.29) is 0 Å². The second kappa shape index (κ2) is 3.37. The Bertz CT molecular complexity index is 192. The zero-order valence-electron chi connectivity index (χ0n) is 6.44. The third kappa shape index (κ3) is 1.84. The van der Waals surface area contributed by atoms with E-state index in [0.29, 0.717) is 0 Å². The lowest BCUT2D eigenvalue weighted by Crippen LogP contribution is -2.10. The molecule has 0 bridgehead atoms. The molecule has 0 spiro atoms. The lowest BCUT2D eigenvalue weighted by Gasteiger charge is -1.92. The summed E-state index contributed by atoms with van der Waals surface area (Å²) < 4.78 is 0. The molecule has 0 atom stereocenters. The van der Waals surface area contributed by atoms with Crippen LogP contribution in [0.1, 0.15) is 11.4 Å². The SMILES string of the molecule is CNCCc1cc(C)[nH]n1. The highest BCUT2D eigenvalue weighted by atomic mass is 15.1. The highest BCUT2D eigenvalue weighted by Crippen LogP contribution is 1.96. The number of nitrogens with one attached hydrogen (secondary N) is 2. The lowest BCUT2D eigenvalue weighted by atomic mass is 10.3. The molecule has 0 saturated carbocycles. The third-order valence-electron chi connectivity index (χ3n) is 1.39. The molecule has 0 aliphatic rings. The minimum atomic E-state index is 0.990. The van der Waals surface area contributed by atoms with Gasteiger partial charge >= 0.3 is 0 Å². The Morgan fingerprint density at radius 1 is 1.70 bits per heavy atom. The Morgan fingerprint density at radius 3 is 3.00 bits per heavy atom. The highest BCUT2D eigenvalue weighted by Gasteiger charge is 1.94. The predicted octanol–water partition coefficient (Wildman–Crippen LogP) is 0.480. The van der Waals surface area contributed by atoms with Crippen LogP contribution in [-0.2, 0) is 6.42 Å². The topological polar surface area (TPSA) is 40.7 Å². The fourth-order valence-corrected chi connectivity index (χ4v) is 0.856. The smallest absolute Gasteiger partial charge is 0.0637 e. The van der Waals surface area contributed by atoms with Crippen LogP contribution in [-0.4, -0.2) is 23.8 Å². The Balaban J connectivity index is 2.42. The molecular weight excluding hydrogens is 126 g/mol. The van der Waals surface area contributed by atoms with Crippen molar-refractivity contribution in [2.24, 2.45) is 0 Å². The second-order valence-electron chi connectivity index (χ2n) is 2.40.